The SMILES string of the molecule is CC(C)(C)OC(=O)N[C@@H](Cc1ccccc1)[C@@H](O)[C@@H](NCc1ccc(OCCO)cc1)C(=O)N[C@@H]1CCc2ccccc21. The van der Waals surface area contributed by atoms with Crippen LogP contribution in [0.5, 0.6) is 5.75 Å². The summed E-state index contributed by atoms with van der Waals surface area (Å²) in [6, 6.07) is 22.8. The van der Waals surface area contributed by atoms with Crippen LogP contribution in [0.25, 0.3) is 0 Å². The summed E-state index contributed by atoms with van der Waals surface area (Å²) in [6.07, 6.45) is -0.0437. The standard InChI is InChI=1S/C34H43N3O6/c1-34(2,3)43-33(41)37-29(21-23-9-5-4-6-10-23)31(39)30(35-22-24-13-16-26(17-14-24)42-20-19-38)32(40)36-28-18-15-25-11-7-8-12-27(25)28/h4-14,16-17,28-31,35,38-39H,15,18-22H2,1-3H3,(H,36,40)(H,37,41)/t28-,29+,30-,31-/m1/s1. The first-order valence-corrected chi connectivity index (χ1v) is 14.8. The Morgan fingerprint density at radius 1 is 0.953 bits per heavy atom. The molecule has 3 aromatic rings. The molecule has 43 heavy (non-hydrogen) atoms. The lowest BCUT2D eigenvalue weighted by atomic mass is 9.95. The first-order valence-electron chi connectivity index (χ1n) is 14.8. The third kappa shape index (κ3) is 9.54. The Hall–Kier alpha value is -3.92. The fraction of sp³-hybridized carbons (Fsp3) is 0.412. The second kappa shape index (κ2) is 15.0. The number of carbonyl (C=O) groups excluding carboxylic acids is 2. The van der Waals surface area contributed by atoms with Gasteiger partial charge in [0.05, 0.1) is 24.8 Å². The van der Waals surface area contributed by atoms with E-state index >= 15 is 0 Å². The number of aliphatic hydroxyl groups excluding tert-OH is 2. The van der Waals surface area contributed by atoms with Crippen LogP contribution in [0.3, 0.4) is 0 Å². The summed E-state index contributed by atoms with van der Waals surface area (Å²) in [4.78, 5) is 26.8. The second-order valence-electron chi connectivity index (χ2n) is 11.8. The van der Waals surface area contributed by atoms with E-state index in [0.29, 0.717) is 5.75 Å². The van der Waals surface area contributed by atoms with Crippen LogP contribution in [-0.2, 0) is 28.9 Å². The number of fused-ring (bicyclic) bond motifs is 1. The van der Waals surface area contributed by atoms with Crippen LogP contribution in [-0.4, -0.2) is 59.2 Å². The number of alkyl carbamates (subject to hydrolysis) is 1. The summed E-state index contributed by atoms with van der Waals surface area (Å²) in [5.74, 6) is 0.262. The van der Waals surface area contributed by atoms with Gasteiger partial charge < -0.3 is 30.3 Å². The number of hydrogen-bond acceptors (Lipinski definition) is 7. The summed E-state index contributed by atoms with van der Waals surface area (Å²) in [6.45, 7) is 5.71. The predicted molar refractivity (Wildman–Crippen MR) is 165 cm³/mol. The van der Waals surface area contributed by atoms with Gasteiger partial charge in [-0.3, -0.25) is 10.1 Å². The minimum atomic E-state index is -1.29. The molecule has 1 aliphatic carbocycles. The van der Waals surface area contributed by atoms with E-state index in [1.807, 2.05) is 60.7 Å². The summed E-state index contributed by atoms with van der Waals surface area (Å²) >= 11 is 0. The van der Waals surface area contributed by atoms with E-state index in [1.54, 1.807) is 32.9 Å². The van der Waals surface area contributed by atoms with Crippen molar-refractivity contribution < 1.29 is 29.3 Å². The topological polar surface area (TPSA) is 129 Å². The monoisotopic (exact) mass is 589 g/mol. The number of ether oxygens (including phenoxy) is 2. The molecule has 5 N–H and O–H groups in total. The lowest BCUT2D eigenvalue weighted by molar-refractivity contribution is -0.127. The average Bonchev–Trinajstić information content (AvgIpc) is 3.38. The Bertz CT molecular complexity index is 1330. The zero-order chi connectivity index (χ0) is 30.8. The number of aryl methyl sites for hydroxylation is 1. The first kappa shape index (κ1) is 32.0. The van der Waals surface area contributed by atoms with Gasteiger partial charge in [-0.1, -0.05) is 66.7 Å². The van der Waals surface area contributed by atoms with Crippen molar-refractivity contribution in [2.75, 3.05) is 13.2 Å². The third-order valence-electron chi connectivity index (χ3n) is 7.30. The van der Waals surface area contributed by atoms with Crippen LogP contribution in [0.15, 0.2) is 78.9 Å². The number of hydrogen-bond donors (Lipinski definition) is 5. The molecule has 0 heterocycles. The molecule has 0 bridgehead atoms. The predicted octanol–water partition coefficient (Wildman–Crippen LogP) is 3.82. The fourth-order valence-electron chi connectivity index (χ4n) is 5.25. The molecular formula is C34H43N3O6. The van der Waals surface area contributed by atoms with Crippen molar-refractivity contribution >= 4 is 12.0 Å². The average molecular weight is 590 g/mol. The molecule has 4 atom stereocenters. The van der Waals surface area contributed by atoms with Gasteiger partial charge in [-0.2, -0.15) is 0 Å². The summed E-state index contributed by atoms with van der Waals surface area (Å²) < 4.78 is 10.9. The Balaban J connectivity index is 1.56. The van der Waals surface area contributed by atoms with E-state index in [1.165, 1.54) is 5.56 Å². The van der Waals surface area contributed by atoms with Gasteiger partial charge in [-0.15, -0.1) is 0 Å². The minimum Gasteiger partial charge on any atom is -0.491 e. The van der Waals surface area contributed by atoms with Gasteiger partial charge in [0.15, 0.2) is 0 Å². The highest BCUT2D eigenvalue weighted by Crippen LogP contribution is 2.31. The molecule has 0 unspecified atom stereocenters. The van der Waals surface area contributed by atoms with Crippen LogP contribution in [0, 0.1) is 0 Å². The fourth-order valence-corrected chi connectivity index (χ4v) is 5.25. The molecule has 9 nitrogen and oxygen atoms in total. The summed E-state index contributed by atoms with van der Waals surface area (Å²) in [5.41, 5.74) is 3.31. The molecular weight excluding hydrogens is 546 g/mol. The van der Waals surface area contributed by atoms with E-state index in [-0.39, 0.29) is 38.1 Å². The third-order valence-corrected chi connectivity index (χ3v) is 7.30. The van der Waals surface area contributed by atoms with Crippen molar-refractivity contribution in [1.29, 1.82) is 0 Å². The van der Waals surface area contributed by atoms with Crippen molar-refractivity contribution in [2.24, 2.45) is 0 Å². The molecule has 9 heteroatoms. The van der Waals surface area contributed by atoms with Crippen molar-refractivity contribution in [1.82, 2.24) is 16.0 Å². The molecule has 2 amide bonds. The van der Waals surface area contributed by atoms with Gasteiger partial charge in [0.25, 0.3) is 0 Å². The highest BCUT2D eigenvalue weighted by molar-refractivity contribution is 5.83. The molecule has 0 saturated heterocycles. The molecule has 0 radical (unpaired) electrons. The number of aliphatic hydroxyl groups is 2. The van der Waals surface area contributed by atoms with E-state index in [4.69, 9.17) is 14.6 Å². The maximum absolute atomic E-state index is 13.9. The smallest absolute Gasteiger partial charge is 0.407 e. The number of benzene rings is 3. The Kier molecular flexibility index (Phi) is 11.2. The van der Waals surface area contributed by atoms with Crippen molar-refractivity contribution in [3.63, 3.8) is 0 Å². The summed E-state index contributed by atoms with van der Waals surface area (Å²) in [5, 5.41) is 30.0. The van der Waals surface area contributed by atoms with Crippen molar-refractivity contribution in [3.8, 4) is 5.75 Å². The van der Waals surface area contributed by atoms with Crippen LogP contribution in [0.1, 0.15) is 55.5 Å². The Morgan fingerprint density at radius 3 is 2.35 bits per heavy atom. The summed E-state index contributed by atoms with van der Waals surface area (Å²) in [7, 11) is 0. The molecule has 4 rings (SSSR count). The molecule has 0 saturated carbocycles. The van der Waals surface area contributed by atoms with E-state index in [0.717, 1.165) is 29.5 Å². The number of amides is 2. The van der Waals surface area contributed by atoms with Gasteiger partial charge in [0, 0.05) is 6.54 Å². The highest BCUT2D eigenvalue weighted by atomic mass is 16.6. The van der Waals surface area contributed by atoms with Crippen molar-refractivity contribution in [3.05, 3.63) is 101 Å². The van der Waals surface area contributed by atoms with Gasteiger partial charge in [0.1, 0.15) is 24.0 Å². The zero-order valence-corrected chi connectivity index (χ0v) is 25.1. The van der Waals surface area contributed by atoms with E-state index in [2.05, 4.69) is 22.0 Å². The number of carbonyl (C=O) groups is 2. The van der Waals surface area contributed by atoms with Gasteiger partial charge in [0.2, 0.25) is 5.91 Å². The minimum absolute atomic E-state index is 0.0784. The molecule has 0 spiro atoms. The Morgan fingerprint density at radius 2 is 1.65 bits per heavy atom. The molecule has 3 aromatic carbocycles. The van der Waals surface area contributed by atoms with Crippen LogP contribution < -0.4 is 20.7 Å². The lowest BCUT2D eigenvalue weighted by Gasteiger charge is -2.32. The maximum atomic E-state index is 13.9. The molecule has 1 aliphatic rings. The zero-order valence-electron chi connectivity index (χ0n) is 25.1. The molecule has 230 valence electrons. The van der Waals surface area contributed by atoms with Crippen LogP contribution >= 0.6 is 0 Å². The van der Waals surface area contributed by atoms with Gasteiger partial charge >= 0.3 is 6.09 Å². The first-order chi connectivity index (χ1) is 20.6. The van der Waals surface area contributed by atoms with Crippen LogP contribution in [0.4, 0.5) is 4.79 Å². The quantitative estimate of drug-likeness (QED) is 0.205. The van der Waals surface area contributed by atoms with Crippen LogP contribution in [0.2, 0.25) is 0 Å². The highest BCUT2D eigenvalue weighted by Gasteiger charge is 2.36. The second-order valence-corrected chi connectivity index (χ2v) is 11.8. The van der Waals surface area contributed by atoms with Crippen molar-refractivity contribution in [2.45, 2.75) is 76.4 Å². The Labute approximate surface area is 253 Å². The van der Waals surface area contributed by atoms with Gasteiger partial charge in [-0.05, 0) is 74.4 Å². The molecule has 0 aliphatic heterocycles. The largest absolute Gasteiger partial charge is 0.491 e. The van der Waals surface area contributed by atoms with E-state index < -0.39 is 29.9 Å². The molecule has 0 fully saturated rings. The van der Waals surface area contributed by atoms with E-state index in [9.17, 15) is 14.7 Å². The maximum Gasteiger partial charge on any atom is 0.407 e. The van der Waals surface area contributed by atoms with Gasteiger partial charge in [-0.25, -0.2) is 4.79 Å². The number of nitrogens with one attached hydrogen (secondary N) is 3. The molecule has 0 aromatic heterocycles. The lowest BCUT2D eigenvalue weighted by Crippen LogP contribution is -2.59. The normalized spacial score (nSPS) is 16.4. The number of rotatable bonds is 13.